The predicted molar refractivity (Wildman–Crippen MR) is 122 cm³/mol. The van der Waals surface area contributed by atoms with Crippen LogP contribution in [0.5, 0.6) is 11.5 Å². The molecule has 0 atom stereocenters. The van der Waals surface area contributed by atoms with Gasteiger partial charge in [-0.25, -0.2) is 0 Å². The van der Waals surface area contributed by atoms with Gasteiger partial charge in [0, 0.05) is 16.6 Å². The number of carbonyl (C=O) groups excluding carboxylic acids is 1. The summed E-state index contributed by atoms with van der Waals surface area (Å²) in [6.45, 7) is 4.24. The highest BCUT2D eigenvalue weighted by Gasteiger charge is 2.41. The Labute approximate surface area is 186 Å². The summed E-state index contributed by atoms with van der Waals surface area (Å²) in [6, 6.07) is 9.82. The number of hydrogen-bond acceptors (Lipinski definition) is 4. The maximum atomic E-state index is 12.7. The quantitative estimate of drug-likeness (QED) is 0.516. The van der Waals surface area contributed by atoms with Crippen LogP contribution in [0.3, 0.4) is 0 Å². The lowest BCUT2D eigenvalue weighted by atomic mass is 10.1. The second-order valence-electron chi connectivity index (χ2n) is 7.63. The van der Waals surface area contributed by atoms with Crippen LogP contribution >= 0.6 is 23.8 Å². The Morgan fingerprint density at radius 1 is 1.23 bits per heavy atom. The fourth-order valence-corrected chi connectivity index (χ4v) is 3.98. The van der Waals surface area contributed by atoms with E-state index in [0.29, 0.717) is 17.4 Å². The minimum absolute atomic E-state index is 0.0665. The fraction of sp³-hybridized carbons (Fsp3) is 0.304. The van der Waals surface area contributed by atoms with Gasteiger partial charge in [-0.1, -0.05) is 17.7 Å². The summed E-state index contributed by atoms with van der Waals surface area (Å²) in [4.78, 5) is 14.3. The summed E-state index contributed by atoms with van der Waals surface area (Å²) >= 11 is 11.6. The van der Waals surface area contributed by atoms with Gasteiger partial charge in [0.05, 0.1) is 7.11 Å². The molecule has 1 saturated heterocycles. The van der Waals surface area contributed by atoms with Crippen molar-refractivity contribution in [3.63, 3.8) is 0 Å². The highest BCUT2D eigenvalue weighted by molar-refractivity contribution is 7.80. The molecule has 1 aliphatic heterocycles. The van der Waals surface area contributed by atoms with Crippen molar-refractivity contribution in [1.29, 1.82) is 0 Å². The maximum absolute atomic E-state index is 12.7. The summed E-state index contributed by atoms with van der Waals surface area (Å²) in [5, 5.41) is 4.28. The summed E-state index contributed by atoms with van der Waals surface area (Å²) < 4.78 is 11.5. The van der Waals surface area contributed by atoms with Crippen molar-refractivity contribution in [2.75, 3.05) is 7.11 Å². The summed E-state index contributed by atoms with van der Waals surface area (Å²) in [5.74, 6) is 1.40. The third-order valence-corrected chi connectivity index (χ3v) is 6.14. The van der Waals surface area contributed by atoms with Crippen LogP contribution in [0.4, 0.5) is 0 Å². The van der Waals surface area contributed by atoms with Crippen molar-refractivity contribution in [2.24, 2.45) is 0 Å². The summed E-state index contributed by atoms with van der Waals surface area (Å²) in [5.41, 5.74) is 4.18. The highest BCUT2D eigenvalue weighted by Crippen LogP contribution is 2.32. The molecule has 30 heavy (non-hydrogen) atoms. The number of rotatable bonds is 6. The predicted octanol–water partition coefficient (Wildman–Crippen LogP) is 4.76. The Kier molecular flexibility index (Phi) is 5.71. The lowest BCUT2D eigenvalue weighted by Crippen LogP contribution is -2.32. The van der Waals surface area contributed by atoms with Crippen molar-refractivity contribution in [3.05, 3.63) is 63.3 Å². The van der Waals surface area contributed by atoms with Crippen LogP contribution in [-0.2, 0) is 11.4 Å². The molecule has 1 amide bonds. The topological polar surface area (TPSA) is 50.8 Å². The number of benzene rings is 2. The zero-order chi connectivity index (χ0) is 21.4. The van der Waals surface area contributed by atoms with E-state index in [1.165, 1.54) is 0 Å². The van der Waals surface area contributed by atoms with Crippen molar-refractivity contribution in [2.45, 2.75) is 39.3 Å². The molecule has 2 aliphatic rings. The van der Waals surface area contributed by atoms with Gasteiger partial charge in [0.1, 0.15) is 23.8 Å². The molecule has 156 valence electrons. The number of aryl methyl sites for hydroxylation is 2. The molecule has 0 radical (unpaired) electrons. The van der Waals surface area contributed by atoms with Gasteiger partial charge in [-0.2, -0.15) is 0 Å². The van der Waals surface area contributed by atoms with Crippen molar-refractivity contribution >= 4 is 40.9 Å². The zero-order valence-corrected chi connectivity index (χ0v) is 18.7. The minimum atomic E-state index is -0.0665. The van der Waals surface area contributed by atoms with Crippen LogP contribution in [0.25, 0.3) is 6.08 Å². The number of nitrogens with one attached hydrogen (secondary N) is 1. The van der Waals surface area contributed by atoms with Crippen LogP contribution in [0.1, 0.15) is 35.1 Å². The molecule has 7 heteroatoms. The average Bonchev–Trinajstić information content (AvgIpc) is 3.50. The molecule has 2 aromatic carbocycles. The highest BCUT2D eigenvalue weighted by atomic mass is 35.5. The maximum Gasteiger partial charge on any atom is 0.276 e. The van der Waals surface area contributed by atoms with Crippen LogP contribution in [-0.4, -0.2) is 29.1 Å². The molecule has 2 fully saturated rings. The Bertz CT molecular complexity index is 1040. The standard InChI is InChI=1S/C23H23ClN2O3S/c1-13-8-18(9-14(2)21(13)24)29-12-16-10-15(4-7-20(16)28-3)11-19-22(27)26(17-5-6-17)23(30)25-19/h4,7-11,17H,5-6,12H2,1-3H3,(H,25,30)/b19-11+. The molecule has 0 spiro atoms. The third-order valence-electron chi connectivity index (χ3n) is 5.24. The van der Waals surface area contributed by atoms with Crippen LogP contribution < -0.4 is 14.8 Å². The second-order valence-corrected chi connectivity index (χ2v) is 8.39. The van der Waals surface area contributed by atoms with E-state index in [-0.39, 0.29) is 11.9 Å². The molecule has 2 aromatic rings. The molecule has 1 heterocycles. The minimum Gasteiger partial charge on any atom is -0.496 e. The molecule has 1 saturated carbocycles. The van der Waals surface area contributed by atoms with E-state index < -0.39 is 0 Å². The van der Waals surface area contributed by atoms with Gasteiger partial charge in [0.15, 0.2) is 5.11 Å². The van der Waals surface area contributed by atoms with Crippen LogP contribution in [0.15, 0.2) is 36.0 Å². The molecule has 1 N–H and O–H groups in total. The van der Waals surface area contributed by atoms with Crippen LogP contribution in [0, 0.1) is 13.8 Å². The Morgan fingerprint density at radius 3 is 2.57 bits per heavy atom. The number of halogens is 1. The Balaban J connectivity index is 1.55. The lowest BCUT2D eigenvalue weighted by Gasteiger charge is -2.13. The summed E-state index contributed by atoms with van der Waals surface area (Å²) in [6.07, 6.45) is 3.83. The van der Waals surface area contributed by atoms with Crippen molar-refractivity contribution < 1.29 is 14.3 Å². The SMILES string of the molecule is COc1ccc(/C=C2/NC(=S)N(C3CC3)C2=O)cc1COc1cc(C)c(Cl)c(C)c1. The van der Waals surface area contributed by atoms with Gasteiger partial charge >= 0.3 is 0 Å². The van der Waals surface area contributed by atoms with Gasteiger partial charge in [-0.3, -0.25) is 9.69 Å². The average molecular weight is 443 g/mol. The van der Waals surface area contributed by atoms with Crippen molar-refractivity contribution in [3.8, 4) is 11.5 Å². The Morgan fingerprint density at radius 2 is 1.93 bits per heavy atom. The number of ether oxygens (including phenoxy) is 2. The molecular weight excluding hydrogens is 420 g/mol. The third kappa shape index (κ3) is 4.16. The van der Waals surface area contributed by atoms with E-state index in [9.17, 15) is 4.79 Å². The number of amides is 1. The second kappa shape index (κ2) is 8.28. The van der Waals surface area contributed by atoms with Gasteiger partial charge < -0.3 is 14.8 Å². The molecule has 0 unspecified atom stereocenters. The molecule has 0 bridgehead atoms. The smallest absolute Gasteiger partial charge is 0.276 e. The van der Waals surface area contributed by atoms with E-state index in [1.54, 1.807) is 12.0 Å². The number of thiocarbonyl (C=S) groups is 1. The Hall–Kier alpha value is -2.57. The van der Waals surface area contributed by atoms with Gasteiger partial charge in [0.25, 0.3) is 5.91 Å². The van der Waals surface area contributed by atoms with E-state index in [0.717, 1.165) is 51.6 Å². The first-order valence-electron chi connectivity index (χ1n) is 9.80. The first kappa shape index (κ1) is 20.7. The van der Waals surface area contributed by atoms with E-state index in [4.69, 9.17) is 33.3 Å². The monoisotopic (exact) mass is 442 g/mol. The number of carbonyl (C=O) groups is 1. The molecule has 5 nitrogen and oxygen atoms in total. The van der Waals surface area contributed by atoms with Gasteiger partial charge in [-0.15, -0.1) is 0 Å². The van der Waals surface area contributed by atoms with Crippen molar-refractivity contribution in [1.82, 2.24) is 10.2 Å². The zero-order valence-electron chi connectivity index (χ0n) is 17.1. The van der Waals surface area contributed by atoms with Gasteiger partial charge in [-0.05, 0) is 85.9 Å². The number of nitrogens with zero attached hydrogens (tertiary/aromatic N) is 1. The first-order valence-corrected chi connectivity index (χ1v) is 10.6. The lowest BCUT2D eigenvalue weighted by molar-refractivity contribution is -0.122. The largest absolute Gasteiger partial charge is 0.496 e. The molecule has 4 rings (SSSR count). The number of methoxy groups -OCH3 is 1. The van der Waals surface area contributed by atoms with E-state index in [2.05, 4.69) is 5.32 Å². The van der Waals surface area contributed by atoms with E-state index in [1.807, 2.05) is 50.3 Å². The molecular formula is C23H23ClN2O3S. The van der Waals surface area contributed by atoms with E-state index >= 15 is 0 Å². The van der Waals surface area contributed by atoms with Gasteiger partial charge in [0.2, 0.25) is 0 Å². The van der Waals surface area contributed by atoms with Crippen LogP contribution in [0.2, 0.25) is 5.02 Å². The molecule has 1 aliphatic carbocycles. The normalized spacial score (nSPS) is 17.5. The molecule has 0 aromatic heterocycles. The fourth-order valence-electron chi connectivity index (χ4n) is 3.53. The number of hydrogen-bond donors (Lipinski definition) is 1. The summed E-state index contributed by atoms with van der Waals surface area (Å²) in [7, 11) is 1.63. The first-order chi connectivity index (χ1) is 14.4.